The highest BCUT2D eigenvalue weighted by molar-refractivity contribution is 5.92. The second kappa shape index (κ2) is 8.93. The first-order chi connectivity index (χ1) is 15.4. The Morgan fingerprint density at radius 3 is 2.28 bits per heavy atom. The van der Waals surface area contributed by atoms with Gasteiger partial charge in [-0.25, -0.2) is 9.59 Å². The number of carbonyl (C=O) groups excluding carboxylic acids is 2. The first-order valence-corrected chi connectivity index (χ1v) is 10.1. The van der Waals surface area contributed by atoms with Crippen LogP contribution in [0.1, 0.15) is 34.0 Å². The Balaban J connectivity index is 1.26. The maximum Gasteiger partial charge on any atom is 0.407 e. The fourth-order valence-electron chi connectivity index (χ4n) is 3.82. The normalized spacial score (nSPS) is 12.0. The Bertz CT molecular complexity index is 1140. The number of nitrogens with zero attached hydrogens (tertiary/aromatic N) is 2. The van der Waals surface area contributed by atoms with Gasteiger partial charge in [-0.05, 0) is 22.3 Å². The zero-order valence-corrected chi connectivity index (χ0v) is 17.4. The summed E-state index contributed by atoms with van der Waals surface area (Å²) in [6, 6.07) is 17.4. The van der Waals surface area contributed by atoms with E-state index >= 15 is 0 Å². The van der Waals surface area contributed by atoms with Crippen molar-refractivity contribution < 1.29 is 24.2 Å². The number of alkyl carbamates (subject to hydrolysis) is 1. The number of carbonyl (C=O) groups is 3. The van der Waals surface area contributed by atoms with Gasteiger partial charge in [0.15, 0.2) is 5.69 Å². The molecule has 0 unspecified atom stereocenters. The van der Waals surface area contributed by atoms with Gasteiger partial charge in [0.25, 0.3) is 0 Å². The van der Waals surface area contributed by atoms with E-state index in [1.807, 2.05) is 36.4 Å². The van der Waals surface area contributed by atoms with Crippen molar-refractivity contribution in [1.82, 2.24) is 15.1 Å². The lowest BCUT2D eigenvalue weighted by molar-refractivity contribution is -0.116. The van der Waals surface area contributed by atoms with Crippen molar-refractivity contribution in [1.29, 1.82) is 0 Å². The number of nitrogens with one attached hydrogen (secondary N) is 2. The van der Waals surface area contributed by atoms with Gasteiger partial charge in [0.2, 0.25) is 5.91 Å². The van der Waals surface area contributed by atoms with Crippen molar-refractivity contribution in [2.75, 3.05) is 18.5 Å². The van der Waals surface area contributed by atoms with E-state index in [2.05, 4.69) is 27.9 Å². The number of hydrogen-bond acceptors (Lipinski definition) is 5. The molecular formula is C23H22N4O5. The number of aromatic nitrogens is 2. The van der Waals surface area contributed by atoms with E-state index in [0.29, 0.717) is 0 Å². The van der Waals surface area contributed by atoms with Crippen LogP contribution < -0.4 is 10.6 Å². The Hall–Kier alpha value is -4.14. The van der Waals surface area contributed by atoms with Gasteiger partial charge in [-0.3, -0.25) is 9.48 Å². The quantitative estimate of drug-likeness (QED) is 0.525. The highest BCUT2D eigenvalue weighted by Crippen LogP contribution is 2.44. The minimum atomic E-state index is -1.18. The number of aromatic carboxylic acids is 1. The van der Waals surface area contributed by atoms with Crippen molar-refractivity contribution >= 4 is 23.8 Å². The minimum absolute atomic E-state index is 0.00220. The van der Waals surface area contributed by atoms with Gasteiger partial charge in [-0.2, -0.15) is 5.10 Å². The number of fused-ring (bicyclic) bond motifs is 3. The fraction of sp³-hybridized carbons (Fsp3) is 0.217. The fourth-order valence-corrected chi connectivity index (χ4v) is 3.82. The molecule has 0 aliphatic heterocycles. The molecule has 0 fully saturated rings. The molecule has 32 heavy (non-hydrogen) atoms. The second-order valence-corrected chi connectivity index (χ2v) is 7.39. The molecule has 164 valence electrons. The number of ether oxygens (including phenoxy) is 1. The van der Waals surface area contributed by atoms with Crippen LogP contribution in [0.5, 0.6) is 0 Å². The molecule has 0 radical (unpaired) electrons. The zero-order chi connectivity index (χ0) is 22.7. The van der Waals surface area contributed by atoms with E-state index in [-0.39, 0.29) is 42.9 Å². The monoisotopic (exact) mass is 434 g/mol. The third-order valence-corrected chi connectivity index (χ3v) is 5.33. The average molecular weight is 434 g/mol. The first-order valence-electron chi connectivity index (χ1n) is 10.1. The number of benzene rings is 2. The van der Waals surface area contributed by atoms with Crippen LogP contribution in [-0.2, 0) is 16.6 Å². The molecule has 4 rings (SSSR count). The van der Waals surface area contributed by atoms with Crippen molar-refractivity contribution in [3.63, 3.8) is 0 Å². The Morgan fingerprint density at radius 1 is 1.06 bits per heavy atom. The number of aryl methyl sites for hydroxylation is 1. The summed E-state index contributed by atoms with van der Waals surface area (Å²) >= 11 is 0. The van der Waals surface area contributed by atoms with Crippen LogP contribution >= 0.6 is 0 Å². The molecule has 3 N–H and O–H groups in total. The standard InChI is InChI=1S/C23H22N4O5/c1-27-20(12-19(26-27)22(29)30)25-21(28)10-11-24-23(31)32-13-18-16-8-4-2-6-14(16)15-7-3-5-9-17(15)18/h2-9,12,18H,10-11,13H2,1H3,(H,24,31)(H,25,28)(H,29,30). The van der Waals surface area contributed by atoms with E-state index in [1.54, 1.807) is 0 Å². The summed E-state index contributed by atoms with van der Waals surface area (Å²) in [5, 5.41) is 17.9. The Morgan fingerprint density at radius 2 is 1.69 bits per heavy atom. The topological polar surface area (TPSA) is 123 Å². The maximum atomic E-state index is 12.2. The van der Waals surface area contributed by atoms with Crippen LogP contribution in [0.2, 0.25) is 0 Å². The van der Waals surface area contributed by atoms with Crippen LogP contribution in [0.25, 0.3) is 11.1 Å². The lowest BCUT2D eigenvalue weighted by Crippen LogP contribution is -2.29. The summed E-state index contributed by atoms with van der Waals surface area (Å²) in [5.41, 5.74) is 4.38. The molecule has 9 nitrogen and oxygen atoms in total. The highest BCUT2D eigenvalue weighted by Gasteiger charge is 2.29. The molecule has 1 aliphatic carbocycles. The van der Waals surface area contributed by atoms with Crippen molar-refractivity contribution in [2.24, 2.45) is 7.05 Å². The van der Waals surface area contributed by atoms with Crippen molar-refractivity contribution in [2.45, 2.75) is 12.3 Å². The third-order valence-electron chi connectivity index (χ3n) is 5.33. The van der Waals surface area contributed by atoms with Gasteiger partial charge in [0.05, 0.1) is 0 Å². The van der Waals surface area contributed by atoms with E-state index in [4.69, 9.17) is 9.84 Å². The van der Waals surface area contributed by atoms with Gasteiger partial charge >= 0.3 is 12.1 Å². The van der Waals surface area contributed by atoms with Crippen LogP contribution in [-0.4, -0.2) is 46.0 Å². The molecule has 2 amide bonds. The number of carboxylic acids is 1. The number of anilines is 1. The summed E-state index contributed by atoms with van der Waals surface area (Å²) in [4.78, 5) is 35.2. The van der Waals surface area contributed by atoms with Gasteiger partial charge in [-0.15, -0.1) is 0 Å². The molecule has 1 aromatic heterocycles. The van der Waals surface area contributed by atoms with Crippen LogP contribution in [0.4, 0.5) is 10.6 Å². The predicted molar refractivity (Wildman–Crippen MR) is 116 cm³/mol. The molecule has 3 aromatic rings. The second-order valence-electron chi connectivity index (χ2n) is 7.39. The number of carboxylic acid groups (broad SMARTS) is 1. The summed E-state index contributed by atoms with van der Waals surface area (Å²) in [7, 11) is 1.52. The summed E-state index contributed by atoms with van der Waals surface area (Å²) in [5.74, 6) is -1.35. The molecule has 1 heterocycles. The SMILES string of the molecule is Cn1nc(C(=O)O)cc1NC(=O)CCNC(=O)OCC1c2ccccc2-c2ccccc21. The van der Waals surface area contributed by atoms with E-state index in [1.165, 1.54) is 17.8 Å². The van der Waals surface area contributed by atoms with Gasteiger partial charge in [0.1, 0.15) is 12.4 Å². The zero-order valence-electron chi connectivity index (χ0n) is 17.4. The summed E-state index contributed by atoms with van der Waals surface area (Å²) in [6.07, 6.45) is -0.606. The lowest BCUT2D eigenvalue weighted by atomic mass is 9.98. The summed E-state index contributed by atoms with van der Waals surface area (Å²) < 4.78 is 6.69. The van der Waals surface area contributed by atoms with Crippen LogP contribution in [0, 0.1) is 0 Å². The Kier molecular flexibility index (Phi) is 5.89. The molecule has 2 aromatic carbocycles. The highest BCUT2D eigenvalue weighted by atomic mass is 16.5. The largest absolute Gasteiger partial charge is 0.476 e. The van der Waals surface area contributed by atoms with Crippen LogP contribution in [0.15, 0.2) is 54.6 Å². The average Bonchev–Trinajstić information content (AvgIpc) is 3.30. The maximum absolute atomic E-state index is 12.2. The van der Waals surface area contributed by atoms with Gasteiger partial charge in [-0.1, -0.05) is 48.5 Å². The molecule has 0 bridgehead atoms. The van der Waals surface area contributed by atoms with E-state index < -0.39 is 12.1 Å². The van der Waals surface area contributed by atoms with E-state index in [0.717, 1.165) is 22.3 Å². The molecule has 0 spiro atoms. The minimum Gasteiger partial charge on any atom is -0.476 e. The molecule has 9 heteroatoms. The lowest BCUT2D eigenvalue weighted by Gasteiger charge is -2.14. The smallest absolute Gasteiger partial charge is 0.407 e. The number of rotatable bonds is 7. The molecule has 0 saturated heterocycles. The van der Waals surface area contributed by atoms with Gasteiger partial charge in [0, 0.05) is 32.0 Å². The molecule has 1 aliphatic rings. The van der Waals surface area contributed by atoms with Crippen molar-refractivity contribution in [3.8, 4) is 11.1 Å². The first kappa shape index (κ1) is 21.1. The third kappa shape index (κ3) is 4.31. The summed E-state index contributed by atoms with van der Waals surface area (Å²) in [6.45, 7) is 0.269. The molecule has 0 atom stereocenters. The Labute approximate surface area is 184 Å². The number of hydrogen-bond donors (Lipinski definition) is 3. The van der Waals surface area contributed by atoms with Crippen LogP contribution in [0.3, 0.4) is 0 Å². The number of amides is 2. The van der Waals surface area contributed by atoms with Crippen molar-refractivity contribution in [3.05, 3.63) is 71.4 Å². The van der Waals surface area contributed by atoms with E-state index in [9.17, 15) is 14.4 Å². The predicted octanol–water partition coefficient (Wildman–Crippen LogP) is 2.99. The molecule has 0 saturated carbocycles. The molecular weight excluding hydrogens is 412 g/mol. The van der Waals surface area contributed by atoms with Gasteiger partial charge < -0.3 is 20.5 Å².